The summed E-state index contributed by atoms with van der Waals surface area (Å²) in [5, 5.41) is 0. The van der Waals surface area contributed by atoms with Crippen LogP contribution < -0.4 is 0 Å². The number of piperidine rings is 1. The minimum atomic E-state index is -0.458. The number of rotatable bonds is 4. The van der Waals surface area contributed by atoms with Gasteiger partial charge in [0.25, 0.3) is 5.91 Å². The van der Waals surface area contributed by atoms with Crippen molar-refractivity contribution in [3.63, 3.8) is 0 Å². The van der Waals surface area contributed by atoms with Crippen LogP contribution in [-0.2, 0) is 16.1 Å². The molecule has 21 heavy (non-hydrogen) atoms. The molecule has 1 aliphatic heterocycles. The van der Waals surface area contributed by atoms with E-state index in [9.17, 15) is 9.59 Å². The average molecular weight is 357 g/mol. The summed E-state index contributed by atoms with van der Waals surface area (Å²) in [6.45, 7) is 3.46. The van der Waals surface area contributed by atoms with Crippen molar-refractivity contribution >= 4 is 27.8 Å². The third-order valence-corrected chi connectivity index (χ3v) is 4.22. The minimum Gasteiger partial charge on any atom is -0.467 e. The number of methoxy groups -OCH3 is 1. The first-order valence-electron chi connectivity index (χ1n) is 7.33. The molecular formula is C15H21BrN2O3. The van der Waals surface area contributed by atoms with Gasteiger partial charge in [-0.2, -0.15) is 0 Å². The zero-order chi connectivity index (χ0) is 15.4. The van der Waals surface area contributed by atoms with Gasteiger partial charge in [-0.25, -0.2) is 4.79 Å². The maximum Gasteiger partial charge on any atom is 0.328 e. The largest absolute Gasteiger partial charge is 0.467 e. The molecule has 0 spiro atoms. The summed E-state index contributed by atoms with van der Waals surface area (Å²) < 4.78 is 7.66. The highest BCUT2D eigenvalue weighted by molar-refractivity contribution is 9.10. The van der Waals surface area contributed by atoms with Crippen LogP contribution in [0.3, 0.4) is 0 Å². The van der Waals surface area contributed by atoms with Crippen LogP contribution in [0.4, 0.5) is 0 Å². The molecule has 2 rings (SSSR count). The van der Waals surface area contributed by atoms with Gasteiger partial charge in [-0.05, 0) is 47.7 Å². The lowest BCUT2D eigenvalue weighted by Crippen LogP contribution is -2.48. The van der Waals surface area contributed by atoms with Gasteiger partial charge < -0.3 is 14.2 Å². The van der Waals surface area contributed by atoms with Gasteiger partial charge in [0, 0.05) is 23.8 Å². The lowest BCUT2D eigenvalue weighted by Gasteiger charge is -2.33. The van der Waals surface area contributed by atoms with E-state index in [-0.39, 0.29) is 11.9 Å². The second kappa shape index (κ2) is 7.11. The molecule has 0 aliphatic carbocycles. The van der Waals surface area contributed by atoms with Gasteiger partial charge in [-0.1, -0.05) is 6.92 Å². The number of aromatic nitrogens is 1. The van der Waals surface area contributed by atoms with Crippen LogP contribution in [0.1, 0.15) is 43.1 Å². The van der Waals surface area contributed by atoms with Crippen molar-refractivity contribution in [3.05, 3.63) is 22.4 Å². The molecule has 0 unspecified atom stereocenters. The highest BCUT2D eigenvalue weighted by Gasteiger charge is 2.34. The first-order chi connectivity index (χ1) is 10.1. The molecule has 1 fully saturated rings. The lowest BCUT2D eigenvalue weighted by atomic mass is 10.0. The SMILES string of the molecule is CCCn1cc(Br)cc1C(=O)N1CCCC[C@@H]1C(=O)OC. The van der Waals surface area contributed by atoms with E-state index in [0.717, 1.165) is 30.3 Å². The van der Waals surface area contributed by atoms with Crippen LogP contribution in [0, 0.1) is 0 Å². The minimum absolute atomic E-state index is 0.0933. The molecule has 1 saturated heterocycles. The Hall–Kier alpha value is -1.30. The summed E-state index contributed by atoms with van der Waals surface area (Å²) in [4.78, 5) is 26.4. The summed E-state index contributed by atoms with van der Waals surface area (Å²) in [6, 6.07) is 1.36. The number of halogens is 1. The molecule has 1 aliphatic rings. The summed E-state index contributed by atoms with van der Waals surface area (Å²) in [5.74, 6) is -0.417. The van der Waals surface area contributed by atoms with Gasteiger partial charge in [0.15, 0.2) is 0 Å². The number of hydrogen-bond acceptors (Lipinski definition) is 3. The lowest BCUT2D eigenvalue weighted by molar-refractivity contribution is -0.147. The molecule has 0 bridgehead atoms. The van der Waals surface area contributed by atoms with E-state index in [0.29, 0.717) is 18.7 Å². The molecular weight excluding hydrogens is 336 g/mol. The fourth-order valence-electron chi connectivity index (χ4n) is 2.78. The van der Waals surface area contributed by atoms with Crippen molar-refractivity contribution in [1.29, 1.82) is 0 Å². The quantitative estimate of drug-likeness (QED) is 0.779. The molecule has 1 amide bonds. The zero-order valence-corrected chi connectivity index (χ0v) is 14.1. The number of carbonyl (C=O) groups excluding carboxylic acids is 2. The van der Waals surface area contributed by atoms with Crippen molar-refractivity contribution in [2.45, 2.75) is 45.2 Å². The van der Waals surface area contributed by atoms with E-state index in [1.807, 2.05) is 16.8 Å². The van der Waals surface area contributed by atoms with Gasteiger partial charge in [-0.3, -0.25) is 4.79 Å². The number of ether oxygens (including phenoxy) is 1. The Labute approximate surface area is 133 Å². The van der Waals surface area contributed by atoms with Crippen LogP contribution in [0.15, 0.2) is 16.7 Å². The van der Waals surface area contributed by atoms with E-state index in [1.54, 1.807) is 4.90 Å². The maximum atomic E-state index is 12.8. The van der Waals surface area contributed by atoms with Crippen LogP contribution in [-0.4, -0.2) is 41.0 Å². The molecule has 0 radical (unpaired) electrons. The Kier molecular flexibility index (Phi) is 5.45. The van der Waals surface area contributed by atoms with Gasteiger partial charge >= 0.3 is 5.97 Å². The molecule has 116 valence electrons. The Morgan fingerprint density at radius 2 is 2.19 bits per heavy atom. The summed E-state index contributed by atoms with van der Waals surface area (Å²) in [7, 11) is 1.37. The number of esters is 1. The second-order valence-corrected chi connectivity index (χ2v) is 6.19. The zero-order valence-electron chi connectivity index (χ0n) is 12.5. The molecule has 1 aromatic heterocycles. The smallest absolute Gasteiger partial charge is 0.328 e. The van der Waals surface area contributed by atoms with Gasteiger partial charge in [-0.15, -0.1) is 0 Å². The third kappa shape index (κ3) is 3.48. The molecule has 1 atom stereocenters. The number of carbonyl (C=O) groups is 2. The topological polar surface area (TPSA) is 51.5 Å². The summed E-state index contributed by atoms with van der Waals surface area (Å²) in [6.07, 6.45) is 5.40. The Balaban J connectivity index is 2.26. The molecule has 0 saturated carbocycles. The molecule has 5 nitrogen and oxygen atoms in total. The molecule has 2 heterocycles. The molecule has 6 heteroatoms. The number of aryl methyl sites for hydroxylation is 1. The normalized spacial score (nSPS) is 18.6. The Morgan fingerprint density at radius 1 is 1.43 bits per heavy atom. The molecule has 0 aromatic carbocycles. The van der Waals surface area contributed by atoms with E-state index >= 15 is 0 Å². The third-order valence-electron chi connectivity index (χ3n) is 3.78. The molecule has 0 N–H and O–H groups in total. The van der Waals surface area contributed by atoms with E-state index in [1.165, 1.54) is 7.11 Å². The van der Waals surface area contributed by atoms with Crippen molar-refractivity contribution in [2.75, 3.05) is 13.7 Å². The number of likely N-dealkylation sites (tertiary alicyclic amines) is 1. The first-order valence-corrected chi connectivity index (χ1v) is 8.12. The number of nitrogens with zero attached hydrogens (tertiary/aromatic N) is 2. The fraction of sp³-hybridized carbons (Fsp3) is 0.600. The average Bonchev–Trinajstić information content (AvgIpc) is 2.87. The Bertz CT molecular complexity index is 527. The fourth-order valence-corrected chi connectivity index (χ4v) is 3.25. The summed E-state index contributed by atoms with van der Waals surface area (Å²) >= 11 is 3.42. The van der Waals surface area contributed by atoms with Crippen LogP contribution in [0.5, 0.6) is 0 Å². The molecule has 1 aromatic rings. The number of amides is 1. The number of hydrogen-bond donors (Lipinski definition) is 0. The summed E-state index contributed by atoms with van der Waals surface area (Å²) in [5.41, 5.74) is 0.625. The monoisotopic (exact) mass is 356 g/mol. The maximum absolute atomic E-state index is 12.8. The predicted octanol–water partition coefficient (Wildman–Crippen LogP) is 2.83. The van der Waals surface area contributed by atoms with Crippen molar-refractivity contribution in [1.82, 2.24) is 9.47 Å². The van der Waals surface area contributed by atoms with Crippen LogP contribution >= 0.6 is 15.9 Å². The van der Waals surface area contributed by atoms with Crippen molar-refractivity contribution in [3.8, 4) is 0 Å². The standard InChI is InChI=1S/C15H21BrN2O3/c1-3-7-17-10-11(16)9-13(17)14(19)18-8-5-4-6-12(18)15(20)21-2/h9-10,12H,3-8H2,1-2H3/t12-/m1/s1. The highest BCUT2D eigenvalue weighted by atomic mass is 79.9. The van der Waals surface area contributed by atoms with Gasteiger partial charge in [0.2, 0.25) is 0 Å². The van der Waals surface area contributed by atoms with Crippen molar-refractivity contribution < 1.29 is 14.3 Å². The van der Waals surface area contributed by atoms with Gasteiger partial charge in [0.05, 0.1) is 7.11 Å². The van der Waals surface area contributed by atoms with E-state index in [4.69, 9.17) is 4.74 Å². The van der Waals surface area contributed by atoms with E-state index < -0.39 is 6.04 Å². The highest BCUT2D eigenvalue weighted by Crippen LogP contribution is 2.23. The second-order valence-electron chi connectivity index (χ2n) is 5.27. The van der Waals surface area contributed by atoms with E-state index in [2.05, 4.69) is 22.9 Å². The van der Waals surface area contributed by atoms with Gasteiger partial charge in [0.1, 0.15) is 11.7 Å². The predicted molar refractivity (Wildman–Crippen MR) is 83.1 cm³/mol. The van der Waals surface area contributed by atoms with Crippen molar-refractivity contribution in [2.24, 2.45) is 0 Å². The van der Waals surface area contributed by atoms with Crippen LogP contribution in [0.25, 0.3) is 0 Å². The Morgan fingerprint density at radius 3 is 2.86 bits per heavy atom. The first kappa shape index (κ1) is 16.1. The van der Waals surface area contributed by atoms with Crippen LogP contribution in [0.2, 0.25) is 0 Å².